The number of ether oxygens (including phenoxy) is 1. The number of anilines is 2. The van der Waals surface area contributed by atoms with Gasteiger partial charge in [-0.05, 0) is 81.2 Å². The molecule has 0 bridgehead atoms. The van der Waals surface area contributed by atoms with Crippen LogP contribution in [0.25, 0.3) is 22.2 Å². The minimum atomic E-state index is -4.32. The van der Waals surface area contributed by atoms with Crippen LogP contribution in [-0.4, -0.2) is 49.5 Å². The van der Waals surface area contributed by atoms with Crippen LogP contribution in [0.3, 0.4) is 0 Å². The van der Waals surface area contributed by atoms with Gasteiger partial charge >= 0.3 is 0 Å². The molecule has 242 valence electrons. The zero-order valence-electron chi connectivity index (χ0n) is 25.8. The van der Waals surface area contributed by atoms with E-state index in [-0.39, 0.29) is 39.0 Å². The number of halogens is 3. The van der Waals surface area contributed by atoms with E-state index in [1.807, 2.05) is 20.8 Å². The van der Waals surface area contributed by atoms with Crippen LogP contribution >= 0.6 is 11.6 Å². The molecule has 2 aromatic carbocycles. The number of fused-ring (bicyclic) bond motifs is 1. The molecule has 0 saturated heterocycles. The van der Waals surface area contributed by atoms with Gasteiger partial charge in [-0.3, -0.25) is 9.40 Å². The molecule has 2 aromatic heterocycles. The number of pyridine rings is 1. The minimum absolute atomic E-state index is 0.0301. The quantitative estimate of drug-likeness (QED) is 0.151. The number of methoxy groups -OCH3 is 1. The second kappa shape index (κ2) is 13.6. The molecule has 0 atom stereocenters. The first-order valence-electron chi connectivity index (χ1n) is 15.1. The van der Waals surface area contributed by atoms with E-state index in [9.17, 15) is 8.42 Å². The molecular weight excluding hydrogens is 622 g/mol. The number of hydrogen-bond donors (Lipinski definition) is 3. The van der Waals surface area contributed by atoms with Gasteiger partial charge in [-0.2, -0.15) is 5.10 Å². The third-order valence-corrected chi connectivity index (χ3v) is 10.3. The summed E-state index contributed by atoms with van der Waals surface area (Å²) in [5.41, 5.74) is 8.28. The molecule has 0 radical (unpaired) electrons. The van der Waals surface area contributed by atoms with Crippen LogP contribution in [0.5, 0.6) is 0 Å². The van der Waals surface area contributed by atoms with Crippen molar-refractivity contribution in [1.82, 2.24) is 20.1 Å². The third kappa shape index (κ3) is 6.79. The lowest BCUT2D eigenvalue weighted by Gasteiger charge is -2.30. The SMILES string of the molecule is CCc1ccc(Cl)c(S(=O)(=O)Nc2cc(F)c(-c3nn(C(C)C)c4c3c(N)ncc4[C@H]3CC[C@H](NCCOC)CC3)cc2F)c1. The van der Waals surface area contributed by atoms with Gasteiger partial charge in [-0.25, -0.2) is 22.2 Å². The molecule has 5 rings (SSSR count). The van der Waals surface area contributed by atoms with Crippen molar-refractivity contribution >= 4 is 44.0 Å². The second-order valence-electron chi connectivity index (χ2n) is 11.7. The van der Waals surface area contributed by atoms with Gasteiger partial charge in [-0.15, -0.1) is 0 Å². The summed E-state index contributed by atoms with van der Waals surface area (Å²) < 4.78 is 66.8. The molecule has 1 fully saturated rings. The Morgan fingerprint density at radius 1 is 1.13 bits per heavy atom. The molecule has 13 heteroatoms. The maximum Gasteiger partial charge on any atom is 0.263 e. The van der Waals surface area contributed by atoms with Gasteiger partial charge in [0.15, 0.2) is 0 Å². The van der Waals surface area contributed by atoms with Crippen LogP contribution < -0.4 is 15.8 Å². The van der Waals surface area contributed by atoms with Crippen molar-refractivity contribution in [3.05, 3.63) is 64.3 Å². The standard InChI is InChI=1S/C32H39ClF2N6O3S/c1-5-19-6-11-24(33)28(14-19)45(42,43)40-27-16-25(34)22(15-26(27)35)30-29-31(41(39-30)18(2)3)23(17-38-32(29)36)20-7-9-21(10-8-20)37-12-13-44-4/h6,11,14-18,20-21,37,40H,5,7-10,12-13H2,1-4H3,(H2,36,38)/t20-,21-. The van der Waals surface area contributed by atoms with Crippen molar-refractivity contribution in [3.63, 3.8) is 0 Å². The lowest BCUT2D eigenvalue weighted by atomic mass is 9.81. The van der Waals surface area contributed by atoms with Gasteiger partial charge in [0.25, 0.3) is 10.0 Å². The predicted molar refractivity (Wildman–Crippen MR) is 174 cm³/mol. The Labute approximate surface area is 267 Å². The number of nitrogens with zero attached hydrogens (tertiary/aromatic N) is 3. The molecule has 2 heterocycles. The molecule has 0 unspecified atom stereocenters. The molecule has 4 aromatic rings. The first-order valence-corrected chi connectivity index (χ1v) is 17.0. The molecule has 0 aliphatic heterocycles. The van der Waals surface area contributed by atoms with E-state index in [0.717, 1.165) is 61.0 Å². The van der Waals surface area contributed by atoms with E-state index in [1.165, 1.54) is 12.1 Å². The Morgan fingerprint density at radius 3 is 2.53 bits per heavy atom. The molecule has 1 aliphatic rings. The van der Waals surface area contributed by atoms with Gasteiger partial charge < -0.3 is 15.8 Å². The number of rotatable bonds is 11. The summed E-state index contributed by atoms with van der Waals surface area (Å²) in [7, 11) is -2.64. The van der Waals surface area contributed by atoms with Crippen LogP contribution in [0, 0.1) is 11.6 Å². The summed E-state index contributed by atoms with van der Waals surface area (Å²) in [6.07, 6.45) is 6.16. The van der Waals surface area contributed by atoms with E-state index in [0.29, 0.717) is 24.5 Å². The van der Waals surface area contributed by atoms with E-state index >= 15 is 8.78 Å². The highest BCUT2D eigenvalue weighted by atomic mass is 35.5. The van der Waals surface area contributed by atoms with Crippen molar-refractivity contribution in [1.29, 1.82) is 0 Å². The van der Waals surface area contributed by atoms with Crippen molar-refractivity contribution in [2.75, 3.05) is 30.7 Å². The van der Waals surface area contributed by atoms with Crippen LogP contribution in [-0.2, 0) is 21.2 Å². The normalized spacial score (nSPS) is 17.3. The zero-order chi connectivity index (χ0) is 32.5. The topological polar surface area (TPSA) is 124 Å². The van der Waals surface area contributed by atoms with Gasteiger partial charge in [0.2, 0.25) is 0 Å². The van der Waals surface area contributed by atoms with Crippen molar-refractivity contribution in [3.8, 4) is 11.3 Å². The van der Waals surface area contributed by atoms with Crippen molar-refractivity contribution < 1.29 is 21.9 Å². The fraction of sp³-hybridized carbons (Fsp3) is 0.438. The number of aryl methyl sites for hydroxylation is 1. The first-order chi connectivity index (χ1) is 21.4. The van der Waals surface area contributed by atoms with Crippen molar-refractivity contribution in [2.45, 2.75) is 75.8 Å². The Bertz CT molecular complexity index is 1810. The van der Waals surface area contributed by atoms with Gasteiger partial charge in [0.1, 0.15) is 28.0 Å². The summed E-state index contributed by atoms with van der Waals surface area (Å²) in [6.45, 7) is 7.24. The summed E-state index contributed by atoms with van der Waals surface area (Å²) in [6, 6.07) is 6.61. The largest absolute Gasteiger partial charge is 0.383 e. The van der Waals surface area contributed by atoms with Crippen LogP contribution in [0.4, 0.5) is 20.3 Å². The van der Waals surface area contributed by atoms with E-state index in [1.54, 1.807) is 24.1 Å². The maximum atomic E-state index is 15.8. The van der Waals surface area contributed by atoms with Gasteiger partial charge in [0.05, 0.1) is 28.2 Å². The summed E-state index contributed by atoms with van der Waals surface area (Å²) in [5, 5.41) is 8.68. The van der Waals surface area contributed by atoms with Crippen molar-refractivity contribution in [2.24, 2.45) is 0 Å². The highest BCUT2D eigenvalue weighted by Gasteiger charge is 2.29. The molecule has 4 N–H and O–H groups in total. The summed E-state index contributed by atoms with van der Waals surface area (Å²) in [5.74, 6) is -1.50. The Morgan fingerprint density at radius 2 is 1.87 bits per heavy atom. The molecular formula is C32H39ClF2N6O3S. The highest BCUT2D eigenvalue weighted by Crippen LogP contribution is 2.42. The first kappa shape index (κ1) is 33.1. The Balaban J connectivity index is 1.52. The Hall–Kier alpha value is -3.32. The number of benzene rings is 2. The smallest absolute Gasteiger partial charge is 0.263 e. The average molecular weight is 661 g/mol. The number of aromatic nitrogens is 3. The van der Waals surface area contributed by atoms with Gasteiger partial charge in [0, 0.05) is 43.6 Å². The van der Waals surface area contributed by atoms with Crippen LogP contribution in [0.1, 0.15) is 69.5 Å². The average Bonchev–Trinajstić information content (AvgIpc) is 3.41. The fourth-order valence-corrected chi connectivity index (χ4v) is 7.64. The monoisotopic (exact) mass is 660 g/mol. The number of nitrogens with two attached hydrogens (primary N) is 1. The minimum Gasteiger partial charge on any atom is -0.383 e. The van der Waals surface area contributed by atoms with E-state index in [4.69, 9.17) is 27.2 Å². The lowest BCUT2D eigenvalue weighted by molar-refractivity contribution is 0.191. The molecule has 0 amide bonds. The molecule has 9 nitrogen and oxygen atoms in total. The molecule has 1 saturated carbocycles. The molecule has 0 spiro atoms. The number of hydrogen-bond acceptors (Lipinski definition) is 7. The molecule has 1 aliphatic carbocycles. The fourth-order valence-electron chi connectivity index (χ4n) is 6.03. The zero-order valence-corrected chi connectivity index (χ0v) is 27.4. The van der Waals surface area contributed by atoms with E-state index < -0.39 is 27.3 Å². The van der Waals surface area contributed by atoms with E-state index in [2.05, 4.69) is 15.0 Å². The second-order valence-corrected chi connectivity index (χ2v) is 13.8. The summed E-state index contributed by atoms with van der Waals surface area (Å²) in [4.78, 5) is 4.24. The van der Waals surface area contributed by atoms with Crippen LogP contribution in [0.2, 0.25) is 5.02 Å². The summed E-state index contributed by atoms with van der Waals surface area (Å²) >= 11 is 6.16. The van der Waals surface area contributed by atoms with Gasteiger partial charge in [-0.1, -0.05) is 24.6 Å². The maximum absolute atomic E-state index is 15.8. The number of nitrogens with one attached hydrogen (secondary N) is 2. The molecule has 45 heavy (non-hydrogen) atoms. The number of sulfonamides is 1. The Kier molecular flexibility index (Phi) is 9.97. The third-order valence-electron chi connectivity index (χ3n) is 8.43. The lowest BCUT2D eigenvalue weighted by Crippen LogP contribution is -2.34. The predicted octanol–water partition coefficient (Wildman–Crippen LogP) is 6.82. The number of nitrogen functional groups attached to an aromatic ring is 1. The van der Waals surface area contributed by atoms with Crippen LogP contribution in [0.15, 0.2) is 41.4 Å². The highest BCUT2D eigenvalue weighted by molar-refractivity contribution is 7.92.